The molecule has 1 N–H and O–H groups in total. The lowest BCUT2D eigenvalue weighted by Crippen LogP contribution is -2.14. The number of carbonyl (C=O) groups is 1. The van der Waals surface area contributed by atoms with E-state index in [0.29, 0.717) is 34.2 Å². The zero-order valence-corrected chi connectivity index (χ0v) is 15.6. The van der Waals surface area contributed by atoms with Gasteiger partial charge in [-0.1, -0.05) is 19.1 Å². The number of ether oxygens (including phenoxy) is 4. The highest BCUT2D eigenvalue weighted by atomic mass is 16.5. The van der Waals surface area contributed by atoms with Gasteiger partial charge in [-0.25, -0.2) is 0 Å². The highest BCUT2D eigenvalue weighted by molar-refractivity contribution is 6.07. The van der Waals surface area contributed by atoms with Crippen LogP contribution in [0, 0.1) is 0 Å². The molecule has 2 aromatic rings. The van der Waals surface area contributed by atoms with Gasteiger partial charge in [0.1, 0.15) is 11.9 Å². The molecular formula is C20H23NO5. The fourth-order valence-electron chi connectivity index (χ4n) is 3.12. The molecule has 0 saturated carbocycles. The van der Waals surface area contributed by atoms with Crippen LogP contribution < -0.4 is 24.3 Å². The number of hydrogen-bond acceptors (Lipinski definition) is 5. The Labute approximate surface area is 153 Å². The van der Waals surface area contributed by atoms with E-state index in [4.69, 9.17) is 18.9 Å². The zero-order valence-electron chi connectivity index (χ0n) is 15.6. The Balaban J connectivity index is 1.93. The first-order valence-corrected chi connectivity index (χ1v) is 8.41. The predicted octanol–water partition coefficient (Wildman–Crippen LogP) is 3.85. The molecule has 2 aromatic carbocycles. The molecule has 0 radical (unpaired) electrons. The van der Waals surface area contributed by atoms with E-state index in [-0.39, 0.29) is 17.9 Å². The molecule has 0 saturated heterocycles. The molecule has 0 aliphatic carbocycles. The normalized spacial score (nSPS) is 17.9. The van der Waals surface area contributed by atoms with Crippen LogP contribution in [0.1, 0.15) is 35.7 Å². The maximum Gasteiger partial charge on any atom is 0.259 e. The minimum Gasteiger partial charge on any atom is -0.493 e. The number of para-hydroxylation sites is 1. The van der Waals surface area contributed by atoms with Crippen molar-refractivity contribution in [3.63, 3.8) is 0 Å². The fraction of sp³-hybridized carbons (Fsp3) is 0.350. The van der Waals surface area contributed by atoms with Crippen molar-refractivity contribution in [1.82, 2.24) is 0 Å². The van der Waals surface area contributed by atoms with E-state index in [1.165, 1.54) is 21.3 Å². The van der Waals surface area contributed by atoms with Crippen molar-refractivity contribution >= 4 is 11.6 Å². The summed E-state index contributed by atoms with van der Waals surface area (Å²) in [5, 5.41) is 2.88. The smallest absolute Gasteiger partial charge is 0.259 e. The summed E-state index contributed by atoms with van der Waals surface area (Å²) in [6.07, 6.45) is 0.0418. The van der Waals surface area contributed by atoms with Crippen molar-refractivity contribution in [3.8, 4) is 23.0 Å². The van der Waals surface area contributed by atoms with Gasteiger partial charge in [0, 0.05) is 29.3 Å². The molecule has 1 aliphatic rings. The van der Waals surface area contributed by atoms with Crippen LogP contribution in [0.3, 0.4) is 0 Å². The van der Waals surface area contributed by atoms with Crippen LogP contribution >= 0.6 is 0 Å². The van der Waals surface area contributed by atoms with E-state index < -0.39 is 0 Å². The average Bonchev–Trinajstić information content (AvgIpc) is 2.95. The van der Waals surface area contributed by atoms with Gasteiger partial charge in [-0.15, -0.1) is 0 Å². The van der Waals surface area contributed by atoms with E-state index in [1.54, 1.807) is 18.2 Å². The first kappa shape index (κ1) is 17.9. The van der Waals surface area contributed by atoms with Gasteiger partial charge < -0.3 is 24.3 Å². The molecule has 0 aromatic heterocycles. The van der Waals surface area contributed by atoms with Crippen molar-refractivity contribution in [2.45, 2.75) is 25.9 Å². The highest BCUT2D eigenvalue weighted by Crippen LogP contribution is 2.42. The van der Waals surface area contributed by atoms with Crippen molar-refractivity contribution in [2.24, 2.45) is 0 Å². The SMILES string of the molecule is COc1cc(NC(=O)c2cccc3c2OC(C)C3C)cc(OC)c1OC. The van der Waals surface area contributed by atoms with E-state index >= 15 is 0 Å². The molecule has 1 aliphatic heterocycles. The third-order valence-electron chi connectivity index (χ3n) is 4.71. The molecule has 0 spiro atoms. The predicted molar refractivity (Wildman–Crippen MR) is 99.0 cm³/mol. The summed E-state index contributed by atoms with van der Waals surface area (Å²) >= 11 is 0. The molecule has 0 bridgehead atoms. The third-order valence-corrected chi connectivity index (χ3v) is 4.71. The first-order valence-electron chi connectivity index (χ1n) is 8.41. The number of anilines is 1. The molecule has 1 amide bonds. The highest BCUT2D eigenvalue weighted by Gasteiger charge is 2.31. The minimum atomic E-state index is -0.252. The second-order valence-electron chi connectivity index (χ2n) is 6.20. The van der Waals surface area contributed by atoms with Gasteiger partial charge in [-0.05, 0) is 13.0 Å². The average molecular weight is 357 g/mol. The molecule has 138 valence electrons. The van der Waals surface area contributed by atoms with Gasteiger partial charge in [0.2, 0.25) is 5.75 Å². The lowest BCUT2D eigenvalue weighted by atomic mass is 9.97. The third kappa shape index (κ3) is 3.03. The maximum absolute atomic E-state index is 12.8. The van der Waals surface area contributed by atoms with Crippen LogP contribution in [0.2, 0.25) is 0 Å². The van der Waals surface area contributed by atoms with E-state index in [9.17, 15) is 4.79 Å². The molecule has 0 fully saturated rings. The second-order valence-corrected chi connectivity index (χ2v) is 6.20. The summed E-state index contributed by atoms with van der Waals surface area (Å²) in [4.78, 5) is 12.8. The second kappa shape index (κ2) is 7.15. The Morgan fingerprint density at radius 1 is 1.04 bits per heavy atom. The van der Waals surface area contributed by atoms with Gasteiger partial charge in [-0.2, -0.15) is 0 Å². The van der Waals surface area contributed by atoms with Crippen molar-refractivity contribution < 1.29 is 23.7 Å². The van der Waals surface area contributed by atoms with Gasteiger partial charge >= 0.3 is 0 Å². The number of hydrogen-bond donors (Lipinski definition) is 1. The van der Waals surface area contributed by atoms with E-state index in [0.717, 1.165) is 5.56 Å². The lowest BCUT2D eigenvalue weighted by Gasteiger charge is -2.15. The van der Waals surface area contributed by atoms with Crippen molar-refractivity contribution in [1.29, 1.82) is 0 Å². The lowest BCUT2D eigenvalue weighted by molar-refractivity contribution is 0.102. The van der Waals surface area contributed by atoms with Crippen LogP contribution in [-0.2, 0) is 0 Å². The number of amides is 1. The monoisotopic (exact) mass is 357 g/mol. The van der Waals surface area contributed by atoms with Crippen molar-refractivity contribution in [2.75, 3.05) is 26.6 Å². The van der Waals surface area contributed by atoms with Crippen LogP contribution in [0.4, 0.5) is 5.69 Å². The maximum atomic E-state index is 12.8. The summed E-state index contributed by atoms with van der Waals surface area (Å²) in [7, 11) is 4.60. The number of carbonyl (C=O) groups excluding carboxylic acids is 1. The number of benzene rings is 2. The largest absolute Gasteiger partial charge is 0.493 e. The number of nitrogens with one attached hydrogen (secondary N) is 1. The van der Waals surface area contributed by atoms with Crippen LogP contribution in [0.5, 0.6) is 23.0 Å². The molecule has 6 heteroatoms. The molecule has 26 heavy (non-hydrogen) atoms. The van der Waals surface area contributed by atoms with E-state index in [1.807, 2.05) is 19.1 Å². The van der Waals surface area contributed by atoms with Crippen LogP contribution in [-0.4, -0.2) is 33.3 Å². The number of fused-ring (bicyclic) bond motifs is 1. The van der Waals surface area contributed by atoms with Gasteiger partial charge in [-0.3, -0.25) is 4.79 Å². The van der Waals surface area contributed by atoms with Gasteiger partial charge in [0.05, 0.1) is 26.9 Å². The molecule has 1 heterocycles. The quantitative estimate of drug-likeness (QED) is 0.880. The molecule has 2 unspecified atom stereocenters. The minimum absolute atomic E-state index is 0.0418. The Morgan fingerprint density at radius 3 is 2.27 bits per heavy atom. The van der Waals surface area contributed by atoms with Crippen LogP contribution in [0.15, 0.2) is 30.3 Å². The molecular weight excluding hydrogens is 334 g/mol. The molecule has 2 atom stereocenters. The van der Waals surface area contributed by atoms with Gasteiger partial charge in [0.25, 0.3) is 5.91 Å². The Morgan fingerprint density at radius 2 is 1.69 bits per heavy atom. The summed E-state index contributed by atoms with van der Waals surface area (Å²) in [5.74, 6) is 2.06. The zero-order chi connectivity index (χ0) is 18.8. The van der Waals surface area contributed by atoms with Crippen LogP contribution in [0.25, 0.3) is 0 Å². The molecule has 6 nitrogen and oxygen atoms in total. The topological polar surface area (TPSA) is 66.0 Å². The van der Waals surface area contributed by atoms with Gasteiger partial charge in [0.15, 0.2) is 11.5 Å². The fourth-order valence-corrected chi connectivity index (χ4v) is 3.12. The number of rotatable bonds is 5. The number of methoxy groups -OCH3 is 3. The first-order chi connectivity index (χ1) is 12.5. The van der Waals surface area contributed by atoms with E-state index in [2.05, 4.69) is 12.2 Å². The standard InChI is InChI=1S/C20H23NO5/c1-11-12(2)26-18-14(11)7-6-8-15(18)20(22)21-13-9-16(23-3)19(25-5)17(10-13)24-4/h6-12H,1-5H3,(H,21,22). The van der Waals surface area contributed by atoms with Crippen molar-refractivity contribution in [3.05, 3.63) is 41.5 Å². The molecule has 3 rings (SSSR count). The Kier molecular flexibility index (Phi) is 4.93. The summed E-state index contributed by atoms with van der Waals surface area (Å²) in [5.41, 5.74) is 2.10. The summed E-state index contributed by atoms with van der Waals surface area (Å²) in [6.45, 7) is 4.10. The Hall–Kier alpha value is -2.89. The summed E-state index contributed by atoms with van der Waals surface area (Å²) < 4.78 is 21.9. The summed E-state index contributed by atoms with van der Waals surface area (Å²) in [6, 6.07) is 9.01. The Bertz CT molecular complexity index is 808.